The minimum atomic E-state index is -0.277. The molecule has 4 unspecified atom stereocenters. The molecule has 4 atom stereocenters. The highest BCUT2D eigenvalue weighted by molar-refractivity contribution is 6.00. The Morgan fingerprint density at radius 2 is 2.04 bits per heavy atom. The lowest BCUT2D eigenvalue weighted by atomic mass is 9.74. The smallest absolute Gasteiger partial charge is 0.190 e. The van der Waals surface area contributed by atoms with Crippen LogP contribution in [0, 0.1) is 11.8 Å². The van der Waals surface area contributed by atoms with Crippen molar-refractivity contribution < 1.29 is 14.3 Å². The maximum Gasteiger partial charge on any atom is 0.190 e. The largest absolute Gasteiger partial charge is 0.491 e. The molecule has 3 nitrogen and oxygen atoms in total. The molecule has 0 amide bonds. The third-order valence-corrected chi connectivity index (χ3v) is 6.40. The SMILES string of the molecule is COC1CCC2=C(CC3C(C(C)=CCC=C(C)C)CCC3(C)O2)C1=O. The molecule has 0 radical (unpaired) electrons. The van der Waals surface area contributed by atoms with Crippen molar-refractivity contribution >= 4 is 5.78 Å². The highest BCUT2D eigenvalue weighted by Gasteiger charge is 2.52. The first-order valence-corrected chi connectivity index (χ1v) is 9.63. The molecule has 1 aliphatic heterocycles. The molecule has 0 aromatic heterocycles. The van der Waals surface area contributed by atoms with Crippen LogP contribution in [0.5, 0.6) is 0 Å². The van der Waals surface area contributed by atoms with Gasteiger partial charge in [-0.05, 0) is 65.7 Å². The summed E-state index contributed by atoms with van der Waals surface area (Å²) in [6.07, 6.45) is 10.0. The van der Waals surface area contributed by atoms with Gasteiger partial charge in [0.05, 0.1) is 0 Å². The van der Waals surface area contributed by atoms with Crippen molar-refractivity contribution in [2.75, 3.05) is 7.11 Å². The Hall–Kier alpha value is -1.35. The van der Waals surface area contributed by atoms with Crippen molar-refractivity contribution in [1.29, 1.82) is 0 Å². The van der Waals surface area contributed by atoms with Gasteiger partial charge in [-0.25, -0.2) is 0 Å². The van der Waals surface area contributed by atoms with Crippen molar-refractivity contribution in [3.8, 4) is 0 Å². The standard InChI is InChI=1S/C22H32O3/c1-14(2)7-6-8-15(3)16-11-12-22(4)18(16)13-17-19(25-22)9-10-20(24-5)21(17)23/h7-8,16,18,20H,6,9-13H2,1-5H3. The normalized spacial score (nSPS) is 35.2. The van der Waals surface area contributed by atoms with Gasteiger partial charge in [-0.3, -0.25) is 4.79 Å². The van der Waals surface area contributed by atoms with Crippen LogP contribution in [0.1, 0.15) is 66.2 Å². The van der Waals surface area contributed by atoms with Crippen LogP contribution < -0.4 is 0 Å². The highest BCUT2D eigenvalue weighted by Crippen LogP contribution is 2.54. The molecule has 3 heteroatoms. The minimum Gasteiger partial charge on any atom is -0.491 e. The summed E-state index contributed by atoms with van der Waals surface area (Å²) in [7, 11) is 1.64. The van der Waals surface area contributed by atoms with Gasteiger partial charge in [0.25, 0.3) is 0 Å². The molecular weight excluding hydrogens is 312 g/mol. The average molecular weight is 344 g/mol. The third-order valence-electron chi connectivity index (χ3n) is 6.40. The molecule has 0 N–H and O–H groups in total. The Morgan fingerprint density at radius 3 is 2.72 bits per heavy atom. The van der Waals surface area contributed by atoms with Crippen molar-refractivity contribution in [3.05, 3.63) is 34.6 Å². The number of carbonyl (C=O) groups excluding carboxylic acids is 1. The molecule has 138 valence electrons. The van der Waals surface area contributed by atoms with Crippen LogP contribution in [0.4, 0.5) is 0 Å². The summed E-state index contributed by atoms with van der Waals surface area (Å²) in [6.45, 7) is 8.77. The van der Waals surface area contributed by atoms with Gasteiger partial charge in [-0.2, -0.15) is 0 Å². The number of hydrogen-bond acceptors (Lipinski definition) is 3. The van der Waals surface area contributed by atoms with Crippen LogP contribution in [-0.4, -0.2) is 24.6 Å². The number of carbonyl (C=O) groups is 1. The van der Waals surface area contributed by atoms with Crippen molar-refractivity contribution in [3.63, 3.8) is 0 Å². The first kappa shape index (κ1) is 18.4. The van der Waals surface area contributed by atoms with E-state index >= 15 is 0 Å². The van der Waals surface area contributed by atoms with Crippen LogP contribution in [0.2, 0.25) is 0 Å². The number of ketones is 1. The zero-order chi connectivity index (χ0) is 18.2. The zero-order valence-corrected chi connectivity index (χ0v) is 16.4. The second kappa shape index (κ2) is 7.11. The molecule has 0 aromatic carbocycles. The van der Waals surface area contributed by atoms with Gasteiger partial charge in [-0.15, -0.1) is 0 Å². The Balaban J connectivity index is 1.81. The second-order valence-electron chi connectivity index (χ2n) is 8.36. The molecule has 1 heterocycles. The lowest BCUT2D eigenvalue weighted by molar-refractivity contribution is -0.130. The average Bonchev–Trinajstić information content (AvgIpc) is 2.89. The predicted octanol–water partition coefficient (Wildman–Crippen LogP) is 5.13. The van der Waals surface area contributed by atoms with Gasteiger partial charge in [0, 0.05) is 25.0 Å². The van der Waals surface area contributed by atoms with Gasteiger partial charge >= 0.3 is 0 Å². The lowest BCUT2D eigenvalue weighted by Gasteiger charge is -2.43. The Morgan fingerprint density at radius 1 is 1.28 bits per heavy atom. The van der Waals surface area contributed by atoms with Gasteiger partial charge in [0.2, 0.25) is 0 Å². The molecule has 25 heavy (non-hydrogen) atoms. The van der Waals surface area contributed by atoms with Crippen LogP contribution in [0.3, 0.4) is 0 Å². The van der Waals surface area contributed by atoms with E-state index in [2.05, 4.69) is 39.8 Å². The molecule has 0 saturated heterocycles. The Labute approximate surface area is 152 Å². The van der Waals surface area contributed by atoms with Crippen LogP contribution in [-0.2, 0) is 14.3 Å². The van der Waals surface area contributed by atoms with Gasteiger partial charge < -0.3 is 9.47 Å². The molecule has 0 aromatic rings. The number of hydrogen-bond donors (Lipinski definition) is 0. The molecule has 0 bridgehead atoms. The molecule has 3 rings (SSSR count). The molecule has 1 fully saturated rings. The number of fused-ring (bicyclic) bond motifs is 1. The first-order chi connectivity index (χ1) is 11.9. The van der Waals surface area contributed by atoms with Crippen molar-refractivity contribution in [2.24, 2.45) is 11.8 Å². The Kier molecular flexibility index (Phi) is 5.24. The summed E-state index contributed by atoms with van der Waals surface area (Å²) in [5.41, 5.74) is 3.60. The summed E-state index contributed by atoms with van der Waals surface area (Å²) in [6, 6.07) is 0. The maximum absolute atomic E-state index is 12.7. The maximum atomic E-state index is 12.7. The monoisotopic (exact) mass is 344 g/mol. The quantitative estimate of drug-likeness (QED) is 0.664. The van der Waals surface area contributed by atoms with Crippen molar-refractivity contribution in [2.45, 2.75) is 77.9 Å². The summed E-state index contributed by atoms with van der Waals surface area (Å²) < 4.78 is 11.8. The fourth-order valence-electron chi connectivity index (χ4n) is 4.85. The lowest BCUT2D eigenvalue weighted by Crippen LogP contribution is -2.43. The summed E-state index contributed by atoms with van der Waals surface area (Å²) in [5, 5.41) is 0. The fraction of sp³-hybridized carbons (Fsp3) is 0.682. The number of rotatable bonds is 4. The first-order valence-electron chi connectivity index (χ1n) is 9.63. The van der Waals surface area contributed by atoms with E-state index in [-0.39, 0.29) is 17.5 Å². The van der Waals surface area contributed by atoms with E-state index in [1.807, 2.05) is 0 Å². The molecule has 1 saturated carbocycles. The summed E-state index contributed by atoms with van der Waals surface area (Å²) in [5.74, 6) is 2.01. The van der Waals surface area contributed by atoms with E-state index in [1.54, 1.807) is 7.11 Å². The van der Waals surface area contributed by atoms with Crippen LogP contribution in [0.15, 0.2) is 34.6 Å². The van der Waals surface area contributed by atoms with Gasteiger partial charge in [0.1, 0.15) is 17.5 Å². The van der Waals surface area contributed by atoms with Crippen LogP contribution >= 0.6 is 0 Å². The molecule has 2 aliphatic carbocycles. The zero-order valence-electron chi connectivity index (χ0n) is 16.4. The predicted molar refractivity (Wildman–Crippen MR) is 100 cm³/mol. The van der Waals surface area contributed by atoms with E-state index in [0.717, 1.165) is 49.9 Å². The van der Waals surface area contributed by atoms with E-state index in [0.29, 0.717) is 11.8 Å². The molecular formula is C22H32O3. The van der Waals surface area contributed by atoms with Crippen molar-refractivity contribution in [1.82, 2.24) is 0 Å². The summed E-state index contributed by atoms with van der Waals surface area (Å²) in [4.78, 5) is 12.7. The molecule has 0 spiro atoms. The third kappa shape index (κ3) is 3.48. The number of allylic oxidation sites excluding steroid dienone is 5. The van der Waals surface area contributed by atoms with Gasteiger partial charge in [0.15, 0.2) is 5.78 Å². The number of methoxy groups -OCH3 is 1. The Bertz CT molecular complexity index is 636. The second-order valence-corrected chi connectivity index (χ2v) is 8.36. The van der Waals surface area contributed by atoms with E-state index in [4.69, 9.17) is 9.47 Å². The van der Waals surface area contributed by atoms with E-state index in [1.165, 1.54) is 11.1 Å². The number of ether oxygens (including phenoxy) is 2. The topological polar surface area (TPSA) is 35.5 Å². The summed E-state index contributed by atoms with van der Waals surface area (Å²) >= 11 is 0. The van der Waals surface area contributed by atoms with Gasteiger partial charge in [-0.1, -0.05) is 23.3 Å². The van der Waals surface area contributed by atoms with Crippen LogP contribution in [0.25, 0.3) is 0 Å². The van der Waals surface area contributed by atoms with E-state index < -0.39 is 0 Å². The fourth-order valence-corrected chi connectivity index (χ4v) is 4.85. The molecule has 3 aliphatic rings. The van der Waals surface area contributed by atoms with E-state index in [9.17, 15) is 4.79 Å². The minimum absolute atomic E-state index is 0.116. The number of Topliss-reactive ketones (excluding diaryl/α,β-unsaturated/α-hetero) is 1. The highest BCUT2D eigenvalue weighted by atomic mass is 16.5.